The molecule has 26 heavy (non-hydrogen) atoms. The van der Waals surface area contributed by atoms with Crippen molar-refractivity contribution in [1.29, 1.82) is 0 Å². The molecule has 2 unspecified atom stereocenters. The number of carbonyl (C=O) groups is 1. The number of carbonyl (C=O) groups excluding carboxylic acids is 1. The van der Waals surface area contributed by atoms with Gasteiger partial charge < -0.3 is 14.6 Å². The van der Waals surface area contributed by atoms with E-state index in [4.69, 9.17) is 9.26 Å². The second-order valence-electron chi connectivity index (χ2n) is 7.18. The molecule has 8 nitrogen and oxygen atoms in total. The van der Waals surface area contributed by atoms with Crippen LogP contribution in [0.25, 0.3) is 0 Å². The smallest absolute Gasteiger partial charge is 0.248 e. The zero-order valence-electron chi connectivity index (χ0n) is 15.5. The molecule has 0 bridgehead atoms. The number of hydrogen-bond donors (Lipinski definition) is 1. The van der Waals surface area contributed by atoms with Gasteiger partial charge >= 0.3 is 0 Å². The Hall–Kier alpha value is -1.45. The van der Waals surface area contributed by atoms with E-state index in [9.17, 15) is 13.2 Å². The van der Waals surface area contributed by atoms with Gasteiger partial charge in [0.25, 0.3) is 0 Å². The van der Waals surface area contributed by atoms with Crippen LogP contribution in [0.3, 0.4) is 0 Å². The van der Waals surface area contributed by atoms with E-state index < -0.39 is 10.0 Å². The first-order valence-electron chi connectivity index (χ1n) is 9.15. The highest BCUT2D eigenvalue weighted by molar-refractivity contribution is 7.89. The molecule has 0 spiro atoms. The maximum atomic E-state index is 12.8. The van der Waals surface area contributed by atoms with Crippen molar-refractivity contribution in [2.24, 2.45) is 5.92 Å². The summed E-state index contributed by atoms with van der Waals surface area (Å²) in [5, 5.41) is 6.77. The fourth-order valence-corrected chi connectivity index (χ4v) is 5.52. The van der Waals surface area contributed by atoms with Crippen LogP contribution in [0.5, 0.6) is 0 Å². The van der Waals surface area contributed by atoms with Gasteiger partial charge in [0, 0.05) is 25.6 Å². The predicted octanol–water partition coefficient (Wildman–Crippen LogP) is 1.38. The van der Waals surface area contributed by atoms with Crippen molar-refractivity contribution < 1.29 is 22.5 Å². The van der Waals surface area contributed by atoms with Crippen LogP contribution in [0.4, 0.5) is 0 Å². The van der Waals surface area contributed by atoms with E-state index >= 15 is 0 Å². The zero-order valence-corrected chi connectivity index (χ0v) is 16.3. The highest BCUT2D eigenvalue weighted by Crippen LogP contribution is 2.28. The predicted molar refractivity (Wildman–Crippen MR) is 94.0 cm³/mol. The summed E-state index contributed by atoms with van der Waals surface area (Å²) >= 11 is 0. The van der Waals surface area contributed by atoms with Crippen LogP contribution in [0.15, 0.2) is 9.42 Å². The Balaban J connectivity index is 1.57. The first-order valence-corrected chi connectivity index (χ1v) is 10.6. The van der Waals surface area contributed by atoms with Crippen molar-refractivity contribution in [3.05, 3.63) is 11.5 Å². The molecule has 1 N–H and O–H groups in total. The Bertz CT molecular complexity index is 727. The third-order valence-corrected chi connectivity index (χ3v) is 7.43. The molecule has 0 aliphatic carbocycles. The molecule has 3 heterocycles. The average molecular weight is 385 g/mol. The molecule has 9 heteroatoms. The Morgan fingerprint density at radius 2 is 1.96 bits per heavy atom. The van der Waals surface area contributed by atoms with Crippen LogP contribution in [0.1, 0.15) is 44.1 Å². The van der Waals surface area contributed by atoms with E-state index in [1.807, 2.05) is 6.92 Å². The zero-order chi connectivity index (χ0) is 18.9. The number of hydrogen-bond acceptors (Lipinski definition) is 6. The van der Waals surface area contributed by atoms with E-state index in [1.165, 1.54) is 4.31 Å². The van der Waals surface area contributed by atoms with Crippen molar-refractivity contribution in [1.82, 2.24) is 14.8 Å². The van der Waals surface area contributed by atoms with Gasteiger partial charge in [0.05, 0.1) is 12.1 Å². The lowest BCUT2D eigenvalue weighted by Crippen LogP contribution is -2.47. The van der Waals surface area contributed by atoms with Crippen LogP contribution in [-0.4, -0.2) is 55.6 Å². The summed E-state index contributed by atoms with van der Waals surface area (Å²) in [6, 6.07) is -0.0194. The number of nitrogens with one attached hydrogen (secondary N) is 1. The lowest BCUT2D eigenvalue weighted by Gasteiger charge is -2.31. The fraction of sp³-hybridized carbons (Fsp3) is 0.765. The number of ether oxygens (including phenoxy) is 1. The number of aromatic nitrogens is 1. The van der Waals surface area contributed by atoms with E-state index in [2.05, 4.69) is 10.5 Å². The van der Waals surface area contributed by atoms with Crippen molar-refractivity contribution in [3.8, 4) is 0 Å². The SMILES string of the molecule is Cc1noc(C)c1S(=O)(=O)N1CCC(C(=O)NC(C)C2CCCO2)CC1. The second kappa shape index (κ2) is 7.66. The molecule has 2 saturated heterocycles. The molecular formula is C17H27N3O5S. The van der Waals surface area contributed by atoms with Crippen molar-refractivity contribution in [2.45, 2.75) is 63.5 Å². The summed E-state index contributed by atoms with van der Waals surface area (Å²) in [5.41, 5.74) is 0.368. The Kier molecular flexibility index (Phi) is 5.69. The summed E-state index contributed by atoms with van der Waals surface area (Å²) in [5.74, 6) is 0.116. The minimum absolute atomic E-state index is 0.0117. The standard InChI is InChI=1S/C17H27N3O5S/c1-11(15-5-4-10-24-15)18-17(21)14-6-8-20(9-7-14)26(22,23)16-12(2)19-25-13(16)3/h11,14-15H,4-10H2,1-3H3,(H,18,21). The summed E-state index contributed by atoms with van der Waals surface area (Å²) in [6.45, 7) is 6.57. The Morgan fingerprint density at radius 3 is 2.50 bits per heavy atom. The van der Waals surface area contributed by atoms with Gasteiger partial charge in [-0.25, -0.2) is 8.42 Å². The highest BCUT2D eigenvalue weighted by Gasteiger charge is 2.36. The number of rotatable bonds is 5. The van der Waals surface area contributed by atoms with Crippen LogP contribution < -0.4 is 5.32 Å². The van der Waals surface area contributed by atoms with Crippen molar-refractivity contribution in [2.75, 3.05) is 19.7 Å². The summed E-state index contributed by atoms with van der Waals surface area (Å²) < 4.78 is 37.7. The number of sulfonamides is 1. The number of piperidine rings is 1. The van der Waals surface area contributed by atoms with E-state index in [1.54, 1.807) is 13.8 Å². The van der Waals surface area contributed by atoms with Gasteiger partial charge in [-0.05, 0) is 46.5 Å². The van der Waals surface area contributed by atoms with Gasteiger partial charge in [0.15, 0.2) is 5.76 Å². The van der Waals surface area contributed by atoms with Crippen molar-refractivity contribution in [3.63, 3.8) is 0 Å². The van der Waals surface area contributed by atoms with Crippen LogP contribution in [-0.2, 0) is 19.6 Å². The molecule has 2 fully saturated rings. The number of amides is 1. The maximum Gasteiger partial charge on any atom is 0.248 e. The Morgan fingerprint density at radius 1 is 1.27 bits per heavy atom. The van der Waals surface area contributed by atoms with Crippen LogP contribution in [0, 0.1) is 19.8 Å². The first kappa shape index (κ1) is 19.3. The molecule has 0 aromatic carbocycles. The normalized spacial score (nSPS) is 23.9. The van der Waals surface area contributed by atoms with Gasteiger partial charge in [-0.1, -0.05) is 5.16 Å². The van der Waals surface area contributed by atoms with Crippen molar-refractivity contribution >= 4 is 15.9 Å². The first-order chi connectivity index (χ1) is 12.3. The van der Waals surface area contributed by atoms with Gasteiger partial charge in [-0.3, -0.25) is 4.79 Å². The van der Waals surface area contributed by atoms with Gasteiger partial charge in [0.1, 0.15) is 10.6 Å². The molecule has 1 aromatic heterocycles. The topological polar surface area (TPSA) is 102 Å². The molecule has 146 valence electrons. The van der Waals surface area contributed by atoms with Gasteiger partial charge in [0.2, 0.25) is 15.9 Å². The summed E-state index contributed by atoms with van der Waals surface area (Å²) in [7, 11) is -3.64. The third-order valence-electron chi connectivity index (χ3n) is 5.28. The lowest BCUT2D eigenvalue weighted by molar-refractivity contribution is -0.127. The third kappa shape index (κ3) is 3.79. The quantitative estimate of drug-likeness (QED) is 0.821. The summed E-state index contributed by atoms with van der Waals surface area (Å²) in [6.07, 6.45) is 3.09. The molecule has 2 atom stereocenters. The van der Waals surface area contributed by atoms with E-state index in [0.717, 1.165) is 19.4 Å². The number of aryl methyl sites for hydroxylation is 2. The Labute approximate surface area is 154 Å². The molecule has 0 radical (unpaired) electrons. The average Bonchev–Trinajstić information content (AvgIpc) is 3.25. The fourth-order valence-electron chi connectivity index (χ4n) is 3.76. The minimum Gasteiger partial charge on any atom is -0.376 e. The maximum absolute atomic E-state index is 12.8. The largest absolute Gasteiger partial charge is 0.376 e. The highest BCUT2D eigenvalue weighted by atomic mass is 32.2. The molecule has 1 aromatic rings. The molecule has 1 amide bonds. The van der Waals surface area contributed by atoms with Crippen LogP contribution in [0.2, 0.25) is 0 Å². The monoisotopic (exact) mass is 385 g/mol. The van der Waals surface area contributed by atoms with Crippen LogP contribution >= 0.6 is 0 Å². The molecule has 2 aliphatic heterocycles. The lowest BCUT2D eigenvalue weighted by atomic mass is 9.96. The van der Waals surface area contributed by atoms with Gasteiger partial charge in [-0.15, -0.1) is 0 Å². The molecule has 2 aliphatic rings. The van der Waals surface area contributed by atoms with E-state index in [-0.39, 0.29) is 28.9 Å². The van der Waals surface area contributed by atoms with Gasteiger partial charge in [-0.2, -0.15) is 4.31 Å². The number of nitrogens with zero attached hydrogens (tertiary/aromatic N) is 2. The second-order valence-corrected chi connectivity index (χ2v) is 9.06. The van der Waals surface area contributed by atoms with E-state index in [0.29, 0.717) is 37.4 Å². The summed E-state index contributed by atoms with van der Waals surface area (Å²) in [4.78, 5) is 12.6. The molecule has 0 saturated carbocycles. The molecular weight excluding hydrogens is 358 g/mol. The molecule has 3 rings (SSSR count). The minimum atomic E-state index is -3.64.